The number of sulfonamides is 1. The molecule has 1 fully saturated rings. The van der Waals surface area contributed by atoms with Gasteiger partial charge in [-0.2, -0.15) is 0 Å². The van der Waals surface area contributed by atoms with E-state index in [9.17, 15) is 13.2 Å². The summed E-state index contributed by atoms with van der Waals surface area (Å²) in [5.41, 5.74) is 0.714. The van der Waals surface area contributed by atoms with Crippen LogP contribution >= 0.6 is 11.6 Å². The van der Waals surface area contributed by atoms with Crippen LogP contribution in [0.25, 0.3) is 0 Å². The molecule has 7 nitrogen and oxygen atoms in total. The minimum atomic E-state index is -3.84. The van der Waals surface area contributed by atoms with Gasteiger partial charge >= 0.3 is 0 Å². The molecule has 1 saturated heterocycles. The molecular weight excluding hydrogens is 424 g/mol. The van der Waals surface area contributed by atoms with Gasteiger partial charge in [0.15, 0.2) is 0 Å². The fourth-order valence-electron chi connectivity index (χ4n) is 3.60. The number of nitrogens with one attached hydrogen (secondary N) is 1. The van der Waals surface area contributed by atoms with Crippen molar-refractivity contribution in [2.45, 2.75) is 23.8 Å². The monoisotopic (exact) mass is 444 g/mol. The van der Waals surface area contributed by atoms with Gasteiger partial charge in [0, 0.05) is 42.1 Å². The number of piperidine rings is 1. The Morgan fingerprint density at radius 3 is 2.57 bits per heavy atom. The number of anilines is 1. The van der Waals surface area contributed by atoms with E-state index in [1.807, 2.05) is 6.20 Å². The number of hydrogen-bond acceptors (Lipinski definition) is 4. The summed E-state index contributed by atoms with van der Waals surface area (Å²) in [6, 6.07) is 12.9. The number of hydrogen-bond donors (Lipinski definition) is 1. The molecule has 30 heavy (non-hydrogen) atoms. The summed E-state index contributed by atoms with van der Waals surface area (Å²) in [5, 5.41) is 0.429. The number of aromatic nitrogens is 2. The van der Waals surface area contributed by atoms with Crippen LogP contribution in [0.15, 0.2) is 72.1 Å². The molecule has 0 unspecified atom stereocenters. The van der Waals surface area contributed by atoms with Crippen molar-refractivity contribution in [1.82, 2.24) is 14.5 Å². The zero-order valence-electron chi connectivity index (χ0n) is 16.1. The van der Waals surface area contributed by atoms with E-state index in [0.29, 0.717) is 35.4 Å². The quantitative estimate of drug-likeness (QED) is 0.648. The lowest BCUT2D eigenvalue weighted by atomic mass is 10.0. The van der Waals surface area contributed by atoms with Gasteiger partial charge in [-0.25, -0.2) is 13.4 Å². The van der Waals surface area contributed by atoms with Crippen molar-refractivity contribution in [1.29, 1.82) is 0 Å². The first-order valence-electron chi connectivity index (χ1n) is 9.57. The Hall–Kier alpha value is -2.84. The second-order valence-corrected chi connectivity index (χ2v) is 9.30. The van der Waals surface area contributed by atoms with Gasteiger partial charge in [0.25, 0.3) is 15.9 Å². The maximum atomic E-state index is 12.9. The van der Waals surface area contributed by atoms with Gasteiger partial charge in [0.05, 0.1) is 16.9 Å². The molecule has 2 heterocycles. The Kier molecular flexibility index (Phi) is 5.78. The molecule has 0 atom stereocenters. The standard InChI is InChI=1S/C21H21ClN4O3S/c22-17-4-2-5-18(14-17)24-30(28,29)20-6-1-3-16(13-20)21(27)25-10-7-19(8-11-25)26-12-9-23-15-26/h1-6,9,12-15,19,24H,7-8,10-11H2. The fourth-order valence-corrected chi connectivity index (χ4v) is 4.88. The largest absolute Gasteiger partial charge is 0.338 e. The highest BCUT2D eigenvalue weighted by atomic mass is 35.5. The molecule has 2 aromatic carbocycles. The molecule has 0 aliphatic carbocycles. The first-order chi connectivity index (χ1) is 14.4. The third-order valence-electron chi connectivity index (χ3n) is 5.17. The normalized spacial score (nSPS) is 15.2. The summed E-state index contributed by atoms with van der Waals surface area (Å²) in [4.78, 5) is 18.8. The highest BCUT2D eigenvalue weighted by molar-refractivity contribution is 7.92. The van der Waals surface area contributed by atoms with Crippen LogP contribution in [-0.2, 0) is 10.0 Å². The Bertz CT molecular complexity index is 1140. The molecule has 9 heteroatoms. The fraction of sp³-hybridized carbons (Fsp3) is 0.238. The van der Waals surface area contributed by atoms with Crippen molar-refractivity contribution < 1.29 is 13.2 Å². The zero-order valence-corrected chi connectivity index (χ0v) is 17.7. The van der Waals surface area contributed by atoms with Crippen molar-refractivity contribution in [2.24, 2.45) is 0 Å². The summed E-state index contributed by atoms with van der Waals surface area (Å²) >= 11 is 5.93. The number of carbonyl (C=O) groups is 1. The van der Waals surface area contributed by atoms with Crippen LogP contribution in [0.3, 0.4) is 0 Å². The summed E-state index contributed by atoms with van der Waals surface area (Å²) in [6.07, 6.45) is 7.14. The number of likely N-dealkylation sites (tertiary alicyclic amines) is 1. The van der Waals surface area contributed by atoms with E-state index in [1.165, 1.54) is 18.2 Å². The highest BCUT2D eigenvalue weighted by Crippen LogP contribution is 2.24. The SMILES string of the molecule is O=C(c1cccc(S(=O)(=O)Nc2cccc(Cl)c2)c1)N1CCC(n2ccnc2)CC1. The predicted octanol–water partition coefficient (Wildman–Crippen LogP) is 3.81. The molecule has 1 N–H and O–H groups in total. The Morgan fingerprint density at radius 2 is 1.87 bits per heavy atom. The lowest BCUT2D eigenvalue weighted by molar-refractivity contribution is 0.0694. The number of imidazole rings is 1. The minimum absolute atomic E-state index is 0.0293. The van der Waals surface area contributed by atoms with E-state index < -0.39 is 10.0 Å². The van der Waals surface area contributed by atoms with Crippen molar-refractivity contribution >= 4 is 33.2 Å². The van der Waals surface area contributed by atoms with E-state index in [-0.39, 0.29) is 10.8 Å². The lowest BCUT2D eigenvalue weighted by Crippen LogP contribution is -2.39. The second kappa shape index (κ2) is 8.49. The molecule has 0 saturated carbocycles. The molecule has 3 aromatic rings. The number of nitrogens with zero attached hydrogens (tertiary/aromatic N) is 3. The van der Waals surface area contributed by atoms with Gasteiger partial charge in [-0.15, -0.1) is 0 Å². The van der Waals surface area contributed by atoms with Crippen LogP contribution in [0, 0.1) is 0 Å². The van der Waals surface area contributed by atoms with Crippen molar-refractivity contribution in [3.8, 4) is 0 Å². The minimum Gasteiger partial charge on any atom is -0.338 e. The average Bonchev–Trinajstić information content (AvgIpc) is 3.28. The van der Waals surface area contributed by atoms with Crippen LogP contribution in [0.2, 0.25) is 5.02 Å². The predicted molar refractivity (Wildman–Crippen MR) is 115 cm³/mol. The Balaban J connectivity index is 1.47. The smallest absolute Gasteiger partial charge is 0.261 e. The first kappa shape index (κ1) is 20.4. The van der Waals surface area contributed by atoms with Crippen LogP contribution in [0.5, 0.6) is 0 Å². The van der Waals surface area contributed by atoms with E-state index in [4.69, 9.17) is 11.6 Å². The number of benzene rings is 2. The Labute approximate surface area is 180 Å². The average molecular weight is 445 g/mol. The van der Waals surface area contributed by atoms with Gasteiger partial charge in [0.1, 0.15) is 0 Å². The maximum Gasteiger partial charge on any atom is 0.261 e. The number of carbonyl (C=O) groups excluding carboxylic acids is 1. The molecule has 1 aliphatic heterocycles. The van der Waals surface area contributed by atoms with E-state index in [0.717, 1.165) is 12.8 Å². The molecule has 0 radical (unpaired) electrons. The van der Waals surface area contributed by atoms with Crippen LogP contribution in [-0.4, -0.2) is 41.9 Å². The third kappa shape index (κ3) is 4.49. The van der Waals surface area contributed by atoms with Crippen LogP contribution in [0.4, 0.5) is 5.69 Å². The van der Waals surface area contributed by atoms with E-state index in [2.05, 4.69) is 14.3 Å². The maximum absolute atomic E-state index is 12.9. The van der Waals surface area contributed by atoms with Gasteiger partial charge < -0.3 is 9.47 Å². The summed E-state index contributed by atoms with van der Waals surface area (Å²) in [6.45, 7) is 1.22. The first-order valence-corrected chi connectivity index (χ1v) is 11.4. The summed E-state index contributed by atoms with van der Waals surface area (Å²) < 4.78 is 30.1. The molecule has 1 aliphatic rings. The second-order valence-electron chi connectivity index (χ2n) is 7.18. The van der Waals surface area contributed by atoms with Gasteiger partial charge in [-0.1, -0.05) is 23.7 Å². The third-order valence-corrected chi connectivity index (χ3v) is 6.78. The highest BCUT2D eigenvalue weighted by Gasteiger charge is 2.25. The van der Waals surface area contributed by atoms with Gasteiger partial charge in [-0.05, 0) is 49.2 Å². The lowest BCUT2D eigenvalue weighted by Gasteiger charge is -2.32. The molecule has 4 rings (SSSR count). The molecule has 1 amide bonds. The van der Waals surface area contributed by atoms with E-state index in [1.54, 1.807) is 47.8 Å². The van der Waals surface area contributed by atoms with Gasteiger partial charge in [-0.3, -0.25) is 9.52 Å². The topological polar surface area (TPSA) is 84.3 Å². The molecule has 156 valence electrons. The molecular formula is C21H21ClN4O3S. The Morgan fingerprint density at radius 1 is 1.10 bits per heavy atom. The van der Waals surface area contributed by atoms with Gasteiger partial charge in [0.2, 0.25) is 0 Å². The number of amides is 1. The number of rotatable bonds is 5. The van der Waals surface area contributed by atoms with E-state index >= 15 is 0 Å². The molecule has 1 aromatic heterocycles. The van der Waals surface area contributed by atoms with Crippen molar-refractivity contribution in [3.05, 3.63) is 77.8 Å². The van der Waals surface area contributed by atoms with Crippen molar-refractivity contribution in [3.63, 3.8) is 0 Å². The van der Waals surface area contributed by atoms with Crippen molar-refractivity contribution in [2.75, 3.05) is 17.8 Å². The molecule has 0 spiro atoms. The summed E-state index contributed by atoms with van der Waals surface area (Å²) in [5.74, 6) is -0.168. The summed E-state index contributed by atoms with van der Waals surface area (Å²) in [7, 11) is -3.84. The van der Waals surface area contributed by atoms with Crippen LogP contribution in [0.1, 0.15) is 29.2 Å². The number of halogens is 1. The zero-order chi connectivity index (χ0) is 21.1. The molecule has 0 bridgehead atoms. The van der Waals surface area contributed by atoms with Crippen LogP contribution < -0.4 is 4.72 Å².